The highest BCUT2D eigenvalue weighted by atomic mass is 35.5. The van der Waals surface area contributed by atoms with Gasteiger partial charge in [0.25, 0.3) is 0 Å². The molecule has 1 saturated heterocycles. The smallest absolute Gasteiger partial charge is 0.204 e. The molecule has 1 aromatic heterocycles. The summed E-state index contributed by atoms with van der Waals surface area (Å²) < 4.78 is 5.66. The summed E-state index contributed by atoms with van der Waals surface area (Å²) in [6.45, 7) is 2.11. The van der Waals surface area contributed by atoms with Crippen LogP contribution in [-0.4, -0.2) is 71.7 Å². The van der Waals surface area contributed by atoms with E-state index in [1.54, 1.807) is 18.2 Å². The highest BCUT2D eigenvalue weighted by Crippen LogP contribution is 2.34. The van der Waals surface area contributed by atoms with E-state index in [2.05, 4.69) is 15.4 Å². The molecule has 1 aliphatic heterocycles. The van der Waals surface area contributed by atoms with E-state index in [0.717, 1.165) is 16.7 Å². The van der Waals surface area contributed by atoms with E-state index in [1.807, 2.05) is 31.2 Å². The van der Waals surface area contributed by atoms with Crippen LogP contribution in [-0.2, 0) is 17.7 Å². The van der Waals surface area contributed by atoms with E-state index in [0.29, 0.717) is 29.4 Å². The number of ether oxygens (including phenoxy) is 1. The Bertz CT molecular complexity index is 1060. The molecule has 0 bridgehead atoms. The number of nitrogens with zero attached hydrogens (tertiary/aromatic N) is 4. The predicted molar refractivity (Wildman–Crippen MR) is 116 cm³/mol. The van der Waals surface area contributed by atoms with Crippen molar-refractivity contribution in [2.45, 2.75) is 50.4 Å². The average Bonchev–Trinajstić information content (AvgIpc) is 3.29. The summed E-state index contributed by atoms with van der Waals surface area (Å²) in [4.78, 5) is 1.52. The number of aromatic nitrogens is 4. The van der Waals surface area contributed by atoms with Gasteiger partial charge in [0.2, 0.25) is 5.82 Å². The third-order valence-corrected chi connectivity index (χ3v) is 6.00. The molecule has 2 aromatic carbocycles. The molecule has 0 unspecified atom stereocenters. The second kappa shape index (κ2) is 9.62. The molecule has 5 atom stereocenters. The average molecular weight is 461 g/mol. The Morgan fingerprint density at radius 1 is 1.03 bits per heavy atom. The second-order valence-electron chi connectivity index (χ2n) is 7.78. The zero-order valence-electron chi connectivity index (χ0n) is 17.4. The van der Waals surface area contributed by atoms with Crippen molar-refractivity contribution in [3.05, 3.63) is 64.2 Å². The highest BCUT2D eigenvalue weighted by Gasteiger charge is 2.44. The number of aliphatic hydroxyl groups excluding tert-OH is 4. The fraction of sp³-hybridized carbons (Fsp3) is 0.409. The Morgan fingerprint density at radius 3 is 2.44 bits per heavy atom. The molecule has 9 nitrogen and oxygen atoms in total. The van der Waals surface area contributed by atoms with Crippen molar-refractivity contribution in [2.24, 2.45) is 0 Å². The van der Waals surface area contributed by atoms with Gasteiger partial charge in [0.1, 0.15) is 30.5 Å². The quantitative estimate of drug-likeness (QED) is 0.430. The third-order valence-electron chi connectivity index (χ3n) is 5.63. The first-order chi connectivity index (χ1) is 15.4. The number of aryl methyl sites for hydroxylation is 1. The number of rotatable bonds is 6. The van der Waals surface area contributed by atoms with Crippen molar-refractivity contribution >= 4 is 11.6 Å². The fourth-order valence-corrected chi connectivity index (χ4v) is 3.95. The first kappa shape index (κ1) is 22.8. The van der Waals surface area contributed by atoms with Crippen LogP contribution in [0.3, 0.4) is 0 Å². The first-order valence-corrected chi connectivity index (χ1v) is 10.7. The van der Waals surface area contributed by atoms with Gasteiger partial charge in [-0.15, -0.1) is 10.2 Å². The molecule has 0 radical (unpaired) electrons. The molecule has 3 aromatic rings. The molecule has 32 heavy (non-hydrogen) atoms. The Kier molecular flexibility index (Phi) is 6.85. The third kappa shape index (κ3) is 4.54. The molecule has 170 valence electrons. The molecule has 0 amide bonds. The minimum Gasteiger partial charge on any atom is -0.394 e. The number of hydrogen-bond donors (Lipinski definition) is 4. The maximum atomic E-state index is 10.4. The van der Waals surface area contributed by atoms with E-state index in [4.69, 9.17) is 16.3 Å². The van der Waals surface area contributed by atoms with Gasteiger partial charge < -0.3 is 25.2 Å². The SMILES string of the molecule is CCn1nnc(-c2ccc(Cc3cc([C@@H]4O[C@H](CO)[C@@H](O)[C@H](O)[C@H]4O)ccc3Cl)cc2)n1. The molecule has 1 fully saturated rings. The van der Waals surface area contributed by atoms with Crippen LogP contribution in [0.1, 0.15) is 29.7 Å². The van der Waals surface area contributed by atoms with Crippen LogP contribution >= 0.6 is 11.6 Å². The molecule has 4 N–H and O–H groups in total. The normalized spacial score (nSPS) is 25.8. The van der Waals surface area contributed by atoms with Gasteiger partial charge in [0.15, 0.2) is 0 Å². The van der Waals surface area contributed by atoms with Crippen LogP contribution in [0.5, 0.6) is 0 Å². The molecule has 1 aliphatic rings. The van der Waals surface area contributed by atoms with Crippen LogP contribution in [0, 0.1) is 0 Å². The summed E-state index contributed by atoms with van der Waals surface area (Å²) in [6.07, 6.45) is -5.52. The molecule has 0 aliphatic carbocycles. The predicted octanol–water partition coefficient (Wildman–Crippen LogP) is 1.12. The lowest BCUT2D eigenvalue weighted by Gasteiger charge is -2.40. The van der Waals surface area contributed by atoms with Gasteiger partial charge in [-0.2, -0.15) is 4.80 Å². The van der Waals surface area contributed by atoms with Gasteiger partial charge in [-0.1, -0.05) is 48.0 Å². The molecule has 0 spiro atoms. The summed E-state index contributed by atoms with van der Waals surface area (Å²) in [5, 5.41) is 52.8. The summed E-state index contributed by atoms with van der Waals surface area (Å²) in [5.74, 6) is 0.557. The summed E-state index contributed by atoms with van der Waals surface area (Å²) >= 11 is 6.41. The summed E-state index contributed by atoms with van der Waals surface area (Å²) in [7, 11) is 0. The van der Waals surface area contributed by atoms with E-state index in [1.165, 1.54) is 4.80 Å². The fourth-order valence-electron chi connectivity index (χ4n) is 3.77. The van der Waals surface area contributed by atoms with Crippen molar-refractivity contribution in [3.63, 3.8) is 0 Å². The second-order valence-corrected chi connectivity index (χ2v) is 8.18. The summed E-state index contributed by atoms with van der Waals surface area (Å²) in [5.41, 5.74) is 3.27. The molecule has 10 heteroatoms. The van der Waals surface area contributed by atoms with Crippen LogP contribution in [0.15, 0.2) is 42.5 Å². The molecule has 4 rings (SSSR count). The Balaban J connectivity index is 1.54. The van der Waals surface area contributed by atoms with Crippen molar-refractivity contribution in [2.75, 3.05) is 6.61 Å². The van der Waals surface area contributed by atoms with Crippen molar-refractivity contribution < 1.29 is 25.2 Å². The van der Waals surface area contributed by atoms with E-state index >= 15 is 0 Å². The first-order valence-electron chi connectivity index (χ1n) is 10.4. The molecular formula is C22H25ClN4O5. The minimum atomic E-state index is -1.43. The zero-order chi connectivity index (χ0) is 22.8. The van der Waals surface area contributed by atoms with Crippen LogP contribution < -0.4 is 0 Å². The van der Waals surface area contributed by atoms with Gasteiger partial charge in [-0.3, -0.25) is 0 Å². The molecule has 2 heterocycles. The standard InChI is InChI=1S/C22H25ClN4O5/c1-2-27-25-22(24-26-27)13-5-3-12(4-6-13)9-15-10-14(7-8-16(15)23)21-20(31)19(30)18(29)17(11-28)32-21/h3-8,10,17-21,28-31H,2,9,11H2,1H3/t17-,18-,19+,20-,21+/m1/s1. The minimum absolute atomic E-state index is 0.477. The highest BCUT2D eigenvalue weighted by molar-refractivity contribution is 6.31. The van der Waals surface area contributed by atoms with Gasteiger partial charge in [0.05, 0.1) is 13.2 Å². The maximum absolute atomic E-state index is 10.4. The van der Waals surface area contributed by atoms with E-state index in [9.17, 15) is 20.4 Å². The van der Waals surface area contributed by atoms with Crippen molar-refractivity contribution in [3.8, 4) is 11.4 Å². The van der Waals surface area contributed by atoms with Gasteiger partial charge in [-0.25, -0.2) is 0 Å². The lowest BCUT2D eigenvalue weighted by molar-refractivity contribution is -0.231. The van der Waals surface area contributed by atoms with Crippen LogP contribution in [0.4, 0.5) is 0 Å². The molecular weight excluding hydrogens is 436 g/mol. The topological polar surface area (TPSA) is 134 Å². The van der Waals surface area contributed by atoms with Crippen LogP contribution in [0.25, 0.3) is 11.4 Å². The number of tetrazole rings is 1. The number of aliphatic hydroxyl groups is 4. The monoisotopic (exact) mass is 460 g/mol. The summed E-state index contributed by atoms with van der Waals surface area (Å²) in [6, 6.07) is 13.0. The largest absolute Gasteiger partial charge is 0.394 e. The van der Waals surface area contributed by atoms with Gasteiger partial charge >= 0.3 is 0 Å². The van der Waals surface area contributed by atoms with Crippen molar-refractivity contribution in [1.82, 2.24) is 20.2 Å². The Labute approximate surface area is 189 Å². The Hall–Kier alpha value is -2.40. The molecule has 0 saturated carbocycles. The Morgan fingerprint density at radius 2 is 1.78 bits per heavy atom. The number of benzene rings is 2. The van der Waals surface area contributed by atoms with Gasteiger partial charge in [0, 0.05) is 10.6 Å². The van der Waals surface area contributed by atoms with Crippen molar-refractivity contribution in [1.29, 1.82) is 0 Å². The number of hydrogen-bond acceptors (Lipinski definition) is 8. The lowest BCUT2D eigenvalue weighted by atomic mass is 9.90. The number of halogens is 1. The zero-order valence-corrected chi connectivity index (χ0v) is 18.2. The lowest BCUT2D eigenvalue weighted by Crippen LogP contribution is -2.55. The van der Waals surface area contributed by atoms with E-state index < -0.39 is 37.1 Å². The van der Waals surface area contributed by atoms with E-state index in [-0.39, 0.29) is 0 Å². The van der Waals surface area contributed by atoms with Gasteiger partial charge in [-0.05, 0) is 41.3 Å². The van der Waals surface area contributed by atoms with Crippen LogP contribution in [0.2, 0.25) is 5.02 Å². The maximum Gasteiger partial charge on any atom is 0.204 e.